The number of amides is 2. The van der Waals surface area contributed by atoms with Crippen LogP contribution in [0.3, 0.4) is 0 Å². The number of alkyl halides is 3. The van der Waals surface area contributed by atoms with E-state index in [4.69, 9.17) is 0 Å². The molecule has 2 unspecified atom stereocenters. The Kier molecular flexibility index (Phi) is 5.10. The summed E-state index contributed by atoms with van der Waals surface area (Å²) in [6, 6.07) is -1.64. The van der Waals surface area contributed by atoms with Gasteiger partial charge in [0.15, 0.2) is 6.04 Å². The SMILES string of the molecule is CC1CN(C(=O)NC(c2c(F)cccc2F)C(F)(F)F)CCC1=O. The molecule has 2 amide bonds. The first-order valence-corrected chi connectivity index (χ1v) is 7.20. The smallest absolute Gasteiger partial charge is 0.324 e. The molecule has 24 heavy (non-hydrogen) atoms. The Bertz CT molecular complexity index is 627. The minimum Gasteiger partial charge on any atom is -0.324 e. The van der Waals surface area contributed by atoms with Crippen LogP contribution in [0.4, 0.5) is 26.7 Å². The molecule has 1 N–H and O–H groups in total. The van der Waals surface area contributed by atoms with Crippen LogP contribution in [-0.2, 0) is 4.79 Å². The van der Waals surface area contributed by atoms with E-state index in [-0.39, 0.29) is 25.3 Å². The molecule has 0 saturated carbocycles. The van der Waals surface area contributed by atoms with E-state index < -0.39 is 41.4 Å². The van der Waals surface area contributed by atoms with E-state index in [2.05, 4.69) is 0 Å². The molecule has 0 bridgehead atoms. The summed E-state index contributed by atoms with van der Waals surface area (Å²) in [6.07, 6.45) is -5.06. The molecule has 2 rings (SSSR count). The number of hydrogen-bond acceptors (Lipinski definition) is 2. The number of carbonyl (C=O) groups excluding carboxylic acids is 2. The summed E-state index contributed by atoms with van der Waals surface area (Å²) in [7, 11) is 0. The van der Waals surface area contributed by atoms with Gasteiger partial charge in [0, 0.05) is 25.4 Å². The Hall–Kier alpha value is -2.19. The topological polar surface area (TPSA) is 49.4 Å². The Balaban J connectivity index is 2.24. The van der Waals surface area contributed by atoms with Gasteiger partial charge in [-0.25, -0.2) is 13.6 Å². The van der Waals surface area contributed by atoms with Gasteiger partial charge in [0.25, 0.3) is 0 Å². The Morgan fingerprint density at radius 3 is 2.38 bits per heavy atom. The van der Waals surface area contributed by atoms with Crippen LogP contribution in [0.25, 0.3) is 0 Å². The first-order valence-electron chi connectivity index (χ1n) is 7.20. The molecule has 132 valence electrons. The van der Waals surface area contributed by atoms with Gasteiger partial charge in [0.1, 0.15) is 17.4 Å². The van der Waals surface area contributed by atoms with Crippen molar-refractivity contribution in [3.63, 3.8) is 0 Å². The van der Waals surface area contributed by atoms with E-state index in [1.54, 1.807) is 12.2 Å². The van der Waals surface area contributed by atoms with Gasteiger partial charge in [-0.1, -0.05) is 13.0 Å². The molecule has 4 nitrogen and oxygen atoms in total. The van der Waals surface area contributed by atoms with Crippen molar-refractivity contribution in [2.24, 2.45) is 5.92 Å². The van der Waals surface area contributed by atoms with Crippen molar-refractivity contribution >= 4 is 11.8 Å². The van der Waals surface area contributed by atoms with Crippen molar-refractivity contribution < 1.29 is 31.5 Å². The number of likely N-dealkylation sites (tertiary alicyclic amines) is 1. The number of ketones is 1. The number of rotatable bonds is 2. The van der Waals surface area contributed by atoms with Crippen LogP contribution < -0.4 is 5.32 Å². The molecule has 0 spiro atoms. The Morgan fingerprint density at radius 1 is 1.29 bits per heavy atom. The van der Waals surface area contributed by atoms with Crippen molar-refractivity contribution in [3.8, 4) is 0 Å². The van der Waals surface area contributed by atoms with E-state index in [0.717, 1.165) is 11.0 Å². The van der Waals surface area contributed by atoms with Gasteiger partial charge in [0.05, 0.1) is 5.56 Å². The summed E-state index contributed by atoms with van der Waals surface area (Å²) in [4.78, 5) is 24.5. The lowest BCUT2D eigenvalue weighted by molar-refractivity contribution is -0.156. The molecule has 1 aromatic rings. The van der Waals surface area contributed by atoms with Crippen LogP contribution in [0, 0.1) is 17.6 Å². The molecule has 2 atom stereocenters. The predicted octanol–water partition coefficient (Wildman–Crippen LogP) is 3.19. The second-order valence-electron chi connectivity index (χ2n) is 5.62. The molecule has 0 radical (unpaired) electrons. The number of piperidine rings is 1. The van der Waals surface area contributed by atoms with Crippen molar-refractivity contribution in [2.45, 2.75) is 25.6 Å². The van der Waals surface area contributed by atoms with Gasteiger partial charge in [-0.2, -0.15) is 13.2 Å². The minimum absolute atomic E-state index is 0.0271. The van der Waals surface area contributed by atoms with Crippen LogP contribution in [0.1, 0.15) is 24.9 Å². The fourth-order valence-electron chi connectivity index (χ4n) is 2.52. The number of hydrogen-bond donors (Lipinski definition) is 1. The Labute approximate surface area is 134 Å². The average molecular weight is 350 g/mol. The lowest BCUT2D eigenvalue weighted by Crippen LogP contribution is -2.50. The molecule has 1 aliphatic rings. The highest BCUT2D eigenvalue weighted by molar-refractivity contribution is 5.84. The van der Waals surface area contributed by atoms with Crippen molar-refractivity contribution in [2.75, 3.05) is 13.1 Å². The third-order valence-electron chi connectivity index (χ3n) is 3.84. The van der Waals surface area contributed by atoms with Crippen LogP contribution in [0.5, 0.6) is 0 Å². The molecule has 1 aliphatic heterocycles. The number of halogens is 5. The number of carbonyl (C=O) groups is 2. The van der Waals surface area contributed by atoms with Gasteiger partial charge in [0.2, 0.25) is 0 Å². The highest BCUT2D eigenvalue weighted by Crippen LogP contribution is 2.35. The van der Waals surface area contributed by atoms with Crippen LogP contribution in [0.2, 0.25) is 0 Å². The molecular formula is C15H15F5N2O2. The van der Waals surface area contributed by atoms with Crippen molar-refractivity contribution in [1.29, 1.82) is 0 Å². The zero-order valence-electron chi connectivity index (χ0n) is 12.7. The quantitative estimate of drug-likeness (QED) is 0.833. The van der Waals surface area contributed by atoms with E-state index in [1.807, 2.05) is 0 Å². The lowest BCUT2D eigenvalue weighted by Gasteiger charge is -2.32. The molecular weight excluding hydrogens is 335 g/mol. The van der Waals surface area contributed by atoms with E-state index in [1.165, 1.54) is 0 Å². The van der Waals surface area contributed by atoms with Crippen LogP contribution >= 0.6 is 0 Å². The number of nitrogens with one attached hydrogen (secondary N) is 1. The highest BCUT2D eigenvalue weighted by Gasteiger charge is 2.45. The van der Waals surface area contributed by atoms with E-state index in [9.17, 15) is 31.5 Å². The van der Waals surface area contributed by atoms with Gasteiger partial charge >= 0.3 is 12.2 Å². The molecule has 0 aromatic heterocycles. The molecule has 0 aliphatic carbocycles. The summed E-state index contributed by atoms with van der Waals surface area (Å²) in [5, 5.41) is 1.63. The van der Waals surface area contributed by atoms with Gasteiger partial charge in [-0.15, -0.1) is 0 Å². The van der Waals surface area contributed by atoms with Gasteiger partial charge in [-0.05, 0) is 12.1 Å². The first kappa shape index (κ1) is 18.2. The van der Waals surface area contributed by atoms with Crippen molar-refractivity contribution in [3.05, 3.63) is 35.4 Å². The van der Waals surface area contributed by atoms with E-state index in [0.29, 0.717) is 12.1 Å². The van der Waals surface area contributed by atoms with Gasteiger partial charge in [-0.3, -0.25) is 4.79 Å². The molecule has 9 heteroatoms. The number of benzene rings is 1. The number of urea groups is 1. The Morgan fingerprint density at radius 2 is 1.88 bits per heavy atom. The third-order valence-corrected chi connectivity index (χ3v) is 3.84. The fourth-order valence-corrected chi connectivity index (χ4v) is 2.52. The molecule has 1 heterocycles. The van der Waals surface area contributed by atoms with Gasteiger partial charge < -0.3 is 10.2 Å². The summed E-state index contributed by atoms with van der Waals surface area (Å²) >= 11 is 0. The summed E-state index contributed by atoms with van der Waals surface area (Å²) in [5.74, 6) is -3.40. The maximum atomic E-state index is 13.7. The average Bonchev–Trinajstić information content (AvgIpc) is 2.47. The number of nitrogens with zero attached hydrogens (tertiary/aromatic N) is 1. The van der Waals surface area contributed by atoms with Crippen molar-refractivity contribution in [1.82, 2.24) is 10.2 Å². The minimum atomic E-state index is -5.09. The predicted molar refractivity (Wildman–Crippen MR) is 74.0 cm³/mol. The normalized spacial score (nSPS) is 20.0. The largest absolute Gasteiger partial charge is 0.413 e. The van der Waals surface area contributed by atoms with E-state index >= 15 is 0 Å². The maximum absolute atomic E-state index is 13.7. The van der Waals surface area contributed by atoms with Crippen LogP contribution in [-0.4, -0.2) is 36.0 Å². The standard InChI is InChI=1S/C15H15F5N2O2/c1-8-7-22(6-5-11(8)23)14(24)21-13(15(18,19)20)12-9(16)3-2-4-10(12)17/h2-4,8,13H,5-7H2,1H3,(H,21,24). The van der Waals surface area contributed by atoms with Crippen LogP contribution in [0.15, 0.2) is 18.2 Å². The second-order valence-corrected chi connectivity index (χ2v) is 5.62. The zero-order valence-corrected chi connectivity index (χ0v) is 12.7. The number of Topliss-reactive ketones (excluding diaryl/α,β-unsaturated/α-hetero) is 1. The molecule has 1 fully saturated rings. The zero-order chi connectivity index (χ0) is 18.1. The fraction of sp³-hybridized carbons (Fsp3) is 0.467. The monoisotopic (exact) mass is 350 g/mol. The molecule has 1 saturated heterocycles. The summed E-state index contributed by atoms with van der Waals surface area (Å²) < 4.78 is 67.0. The third kappa shape index (κ3) is 3.82. The maximum Gasteiger partial charge on any atom is 0.413 e. The lowest BCUT2D eigenvalue weighted by atomic mass is 9.99. The second kappa shape index (κ2) is 6.74. The molecule has 1 aromatic carbocycles. The summed E-state index contributed by atoms with van der Waals surface area (Å²) in [6.45, 7) is 1.47. The first-order chi connectivity index (χ1) is 11.1. The summed E-state index contributed by atoms with van der Waals surface area (Å²) in [5.41, 5.74) is -1.26. The highest BCUT2D eigenvalue weighted by atomic mass is 19.4.